The first-order valence-corrected chi connectivity index (χ1v) is 10.8. The SMILES string of the molecule is CNS(=O)(=O)CCNC(=O)[C@]12COC[C@H]1CN(C/C=C/c1ccccc1)C2. The van der Waals surface area contributed by atoms with Gasteiger partial charge in [0.1, 0.15) is 0 Å². The van der Waals surface area contributed by atoms with Crippen molar-refractivity contribution in [3.8, 4) is 0 Å². The molecule has 0 spiro atoms. The van der Waals surface area contributed by atoms with Crippen LogP contribution in [0.1, 0.15) is 5.56 Å². The van der Waals surface area contributed by atoms with Gasteiger partial charge in [0, 0.05) is 32.1 Å². The van der Waals surface area contributed by atoms with E-state index in [1.165, 1.54) is 7.05 Å². The van der Waals surface area contributed by atoms with Crippen LogP contribution in [0.4, 0.5) is 0 Å². The summed E-state index contributed by atoms with van der Waals surface area (Å²) in [7, 11) is -1.96. The topological polar surface area (TPSA) is 87.7 Å². The number of nitrogens with zero attached hydrogens (tertiary/aromatic N) is 1. The zero-order valence-corrected chi connectivity index (χ0v) is 16.4. The van der Waals surface area contributed by atoms with E-state index in [4.69, 9.17) is 4.74 Å². The molecule has 148 valence electrons. The summed E-state index contributed by atoms with van der Waals surface area (Å²) in [4.78, 5) is 15.1. The lowest BCUT2D eigenvalue weighted by Crippen LogP contribution is -2.48. The molecule has 2 saturated heterocycles. The van der Waals surface area contributed by atoms with Crippen LogP contribution in [-0.2, 0) is 19.6 Å². The van der Waals surface area contributed by atoms with E-state index >= 15 is 0 Å². The Labute approximate surface area is 160 Å². The first-order valence-electron chi connectivity index (χ1n) is 9.16. The smallest absolute Gasteiger partial charge is 0.230 e. The fourth-order valence-corrected chi connectivity index (χ4v) is 4.35. The summed E-state index contributed by atoms with van der Waals surface area (Å²) in [5, 5.41) is 2.80. The van der Waals surface area contributed by atoms with Gasteiger partial charge in [0.05, 0.1) is 24.4 Å². The van der Waals surface area contributed by atoms with Crippen LogP contribution in [0.2, 0.25) is 0 Å². The van der Waals surface area contributed by atoms with Crippen LogP contribution < -0.4 is 10.0 Å². The Bertz CT molecular complexity index is 781. The summed E-state index contributed by atoms with van der Waals surface area (Å²) in [6.07, 6.45) is 4.20. The maximum Gasteiger partial charge on any atom is 0.230 e. The van der Waals surface area contributed by atoms with Gasteiger partial charge in [0.2, 0.25) is 15.9 Å². The van der Waals surface area contributed by atoms with Gasteiger partial charge in [-0.25, -0.2) is 13.1 Å². The maximum atomic E-state index is 12.8. The Balaban J connectivity index is 1.56. The number of amides is 1. The van der Waals surface area contributed by atoms with Crippen LogP contribution in [-0.4, -0.2) is 71.4 Å². The molecule has 2 aliphatic heterocycles. The quantitative estimate of drug-likeness (QED) is 0.664. The second-order valence-corrected chi connectivity index (χ2v) is 9.20. The van der Waals surface area contributed by atoms with Crippen molar-refractivity contribution in [3.05, 3.63) is 42.0 Å². The third-order valence-corrected chi connectivity index (χ3v) is 6.70. The number of carbonyl (C=O) groups excluding carboxylic acids is 1. The maximum absolute atomic E-state index is 12.8. The number of sulfonamides is 1. The minimum atomic E-state index is -3.33. The number of nitrogens with one attached hydrogen (secondary N) is 2. The van der Waals surface area contributed by atoms with Gasteiger partial charge >= 0.3 is 0 Å². The molecule has 8 heteroatoms. The monoisotopic (exact) mass is 393 g/mol. The van der Waals surface area contributed by atoms with Crippen molar-refractivity contribution in [1.29, 1.82) is 0 Å². The average Bonchev–Trinajstić information content (AvgIpc) is 3.20. The highest BCUT2D eigenvalue weighted by molar-refractivity contribution is 7.89. The molecule has 0 radical (unpaired) electrons. The molecule has 2 fully saturated rings. The molecular weight excluding hydrogens is 366 g/mol. The van der Waals surface area contributed by atoms with Gasteiger partial charge in [-0.15, -0.1) is 0 Å². The number of benzene rings is 1. The van der Waals surface area contributed by atoms with Crippen LogP contribution >= 0.6 is 0 Å². The first-order chi connectivity index (χ1) is 13.0. The molecule has 1 aromatic rings. The highest BCUT2D eigenvalue weighted by Crippen LogP contribution is 2.41. The van der Waals surface area contributed by atoms with Crippen molar-refractivity contribution >= 4 is 22.0 Å². The lowest BCUT2D eigenvalue weighted by atomic mass is 9.80. The lowest BCUT2D eigenvalue weighted by molar-refractivity contribution is -0.131. The minimum absolute atomic E-state index is 0.102. The van der Waals surface area contributed by atoms with Crippen molar-refractivity contribution in [2.75, 3.05) is 52.2 Å². The lowest BCUT2D eigenvalue weighted by Gasteiger charge is -2.25. The summed E-state index contributed by atoms with van der Waals surface area (Å²) in [6.45, 7) is 3.27. The standard InChI is InChI=1S/C19H27N3O4S/c1-20-27(24,25)11-9-21-18(23)19-14-22(12-17(19)13-26-15-19)10-5-8-16-6-3-2-4-7-16/h2-8,17,20H,9-15H2,1H3,(H,21,23)/b8-5+/t17-,19-/m1/s1. The van der Waals surface area contributed by atoms with E-state index in [2.05, 4.69) is 39.2 Å². The summed E-state index contributed by atoms with van der Waals surface area (Å²) in [5.41, 5.74) is 0.572. The van der Waals surface area contributed by atoms with E-state index in [9.17, 15) is 13.2 Å². The third-order valence-electron chi connectivity index (χ3n) is 5.34. The number of fused-ring (bicyclic) bond motifs is 1. The number of hydrogen-bond acceptors (Lipinski definition) is 5. The molecule has 0 bridgehead atoms. The summed E-state index contributed by atoms with van der Waals surface area (Å²) >= 11 is 0. The fraction of sp³-hybridized carbons (Fsp3) is 0.526. The Morgan fingerprint density at radius 1 is 1.37 bits per heavy atom. The normalized spacial score (nSPS) is 25.7. The molecule has 2 heterocycles. The third kappa shape index (κ3) is 4.76. The molecule has 7 nitrogen and oxygen atoms in total. The largest absolute Gasteiger partial charge is 0.380 e. The highest BCUT2D eigenvalue weighted by atomic mass is 32.2. The minimum Gasteiger partial charge on any atom is -0.380 e. The van der Waals surface area contributed by atoms with E-state index < -0.39 is 15.4 Å². The first kappa shape index (κ1) is 20.0. The summed E-state index contributed by atoms with van der Waals surface area (Å²) in [6, 6.07) is 10.1. The molecule has 2 N–H and O–H groups in total. The predicted octanol–water partition coefficient (Wildman–Crippen LogP) is 0.314. The molecule has 27 heavy (non-hydrogen) atoms. The fourth-order valence-electron chi connectivity index (χ4n) is 3.78. The van der Waals surface area contributed by atoms with E-state index in [0.29, 0.717) is 19.8 Å². The Kier molecular flexibility index (Phi) is 6.31. The van der Waals surface area contributed by atoms with Gasteiger partial charge in [-0.1, -0.05) is 42.5 Å². The molecule has 0 saturated carbocycles. The van der Waals surface area contributed by atoms with E-state index in [1.54, 1.807) is 0 Å². The van der Waals surface area contributed by atoms with E-state index in [1.807, 2.05) is 18.2 Å². The molecule has 2 aliphatic rings. The van der Waals surface area contributed by atoms with Gasteiger partial charge in [0.15, 0.2) is 0 Å². The molecule has 3 rings (SSSR count). The summed E-state index contributed by atoms with van der Waals surface area (Å²) in [5.74, 6) is -0.0882. The van der Waals surface area contributed by atoms with Crippen molar-refractivity contribution in [1.82, 2.24) is 14.9 Å². The zero-order chi connectivity index (χ0) is 19.3. The Morgan fingerprint density at radius 2 is 2.15 bits per heavy atom. The predicted molar refractivity (Wildman–Crippen MR) is 105 cm³/mol. The van der Waals surface area contributed by atoms with Gasteiger partial charge < -0.3 is 10.1 Å². The number of likely N-dealkylation sites (tertiary alicyclic amines) is 1. The second kappa shape index (κ2) is 8.52. The Hall–Kier alpha value is -1.74. The molecule has 0 unspecified atom stereocenters. The van der Waals surface area contributed by atoms with E-state index in [-0.39, 0.29) is 24.1 Å². The highest BCUT2D eigenvalue weighted by Gasteiger charge is 2.55. The number of carbonyl (C=O) groups is 1. The van der Waals surface area contributed by atoms with Gasteiger partial charge in [-0.2, -0.15) is 0 Å². The van der Waals surface area contributed by atoms with Crippen molar-refractivity contribution in [2.45, 2.75) is 0 Å². The molecule has 2 atom stereocenters. The van der Waals surface area contributed by atoms with Crippen molar-refractivity contribution < 1.29 is 17.9 Å². The van der Waals surface area contributed by atoms with E-state index in [0.717, 1.165) is 18.7 Å². The number of rotatable bonds is 8. The Morgan fingerprint density at radius 3 is 2.89 bits per heavy atom. The number of ether oxygens (including phenoxy) is 1. The molecule has 1 amide bonds. The van der Waals surface area contributed by atoms with Gasteiger partial charge in [-0.05, 0) is 12.6 Å². The van der Waals surface area contributed by atoms with Crippen LogP contribution in [0, 0.1) is 11.3 Å². The van der Waals surface area contributed by atoms with Crippen molar-refractivity contribution in [3.63, 3.8) is 0 Å². The second-order valence-electron chi connectivity index (χ2n) is 7.15. The van der Waals surface area contributed by atoms with Gasteiger partial charge in [0.25, 0.3) is 0 Å². The average molecular weight is 394 g/mol. The van der Waals surface area contributed by atoms with Crippen LogP contribution in [0.25, 0.3) is 6.08 Å². The number of hydrogen-bond donors (Lipinski definition) is 2. The molecular formula is C19H27N3O4S. The summed E-state index contributed by atoms with van der Waals surface area (Å²) < 4.78 is 30.9. The molecule has 0 aliphatic carbocycles. The van der Waals surface area contributed by atoms with Gasteiger partial charge in [-0.3, -0.25) is 9.69 Å². The molecule has 0 aromatic heterocycles. The zero-order valence-electron chi connectivity index (χ0n) is 15.6. The van der Waals surface area contributed by atoms with Crippen LogP contribution in [0.3, 0.4) is 0 Å². The van der Waals surface area contributed by atoms with Crippen LogP contribution in [0.5, 0.6) is 0 Å². The van der Waals surface area contributed by atoms with Crippen molar-refractivity contribution in [2.24, 2.45) is 11.3 Å². The van der Waals surface area contributed by atoms with Crippen LogP contribution in [0.15, 0.2) is 36.4 Å². The molecule has 1 aromatic carbocycles.